The molecule has 4 rings (SSSR count). The Kier molecular flexibility index (Phi) is 4.55. The number of amides is 1. The third kappa shape index (κ3) is 2.68. The van der Waals surface area contributed by atoms with Crippen LogP contribution in [0.1, 0.15) is 30.9 Å². The summed E-state index contributed by atoms with van der Waals surface area (Å²) >= 11 is 0. The summed E-state index contributed by atoms with van der Waals surface area (Å²) < 4.78 is 41.2. The topological polar surface area (TPSA) is 57.7 Å². The Bertz CT molecular complexity index is 1040. The van der Waals surface area contributed by atoms with E-state index in [1.165, 1.54) is 16.4 Å². The molecule has 148 valence electrons. The van der Waals surface area contributed by atoms with Gasteiger partial charge in [-0.1, -0.05) is 24.3 Å². The van der Waals surface area contributed by atoms with E-state index in [0.717, 1.165) is 17.3 Å². The summed E-state index contributed by atoms with van der Waals surface area (Å²) in [5, 5.41) is 0. The van der Waals surface area contributed by atoms with Crippen molar-refractivity contribution in [3.63, 3.8) is 0 Å². The van der Waals surface area contributed by atoms with Gasteiger partial charge in [-0.3, -0.25) is 4.79 Å². The zero-order valence-corrected chi connectivity index (χ0v) is 16.8. The molecule has 0 radical (unpaired) electrons. The van der Waals surface area contributed by atoms with E-state index in [2.05, 4.69) is 0 Å². The first kappa shape index (κ1) is 19.1. The number of aryl methyl sites for hydroxylation is 1. The Balaban J connectivity index is 1.65. The minimum absolute atomic E-state index is 0.00298. The van der Waals surface area contributed by atoms with E-state index in [9.17, 15) is 17.6 Å². The molecule has 1 saturated heterocycles. The third-order valence-corrected chi connectivity index (χ3v) is 8.07. The monoisotopic (exact) mass is 402 g/mol. The Labute approximate surface area is 164 Å². The number of hydrogen-bond acceptors (Lipinski definition) is 3. The van der Waals surface area contributed by atoms with Gasteiger partial charge in [-0.2, -0.15) is 4.31 Å². The number of carbonyl (C=O) groups is 1. The number of likely N-dealkylation sites (N-methyl/N-ethyl adjacent to an activating group) is 1. The number of sulfonamides is 1. The van der Waals surface area contributed by atoms with Crippen molar-refractivity contribution in [2.24, 2.45) is 0 Å². The average molecular weight is 402 g/mol. The van der Waals surface area contributed by atoms with Gasteiger partial charge >= 0.3 is 0 Å². The van der Waals surface area contributed by atoms with E-state index < -0.39 is 21.3 Å². The van der Waals surface area contributed by atoms with Crippen LogP contribution in [0.25, 0.3) is 0 Å². The number of fused-ring (bicyclic) bond motifs is 2. The summed E-state index contributed by atoms with van der Waals surface area (Å²) in [5.74, 6) is -0.522. The summed E-state index contributed by atoms with van der Waals surface area (Å²) in [7, 11) is -3.81. The van der Waals surface area contributed by atoms with E-state index >= 15 is 0 Å². The summed E-state index contributed by atoms with van der Waals surface area (Å²) in [6.07, 6.45) is 0.847. The van der Waals surface area contributed by atoms with Gasteiger partial charge in [-0.05, 0) is 56.0 Å². The molecule has 0 saturated carbocycles. The molecule has 0 aliphatic carbocycles. The van der Waals surface area contributed by atoms with Gasteiger partial charge in [0.2, 0.25) is 15.9 Å². The van der Waals surface area contributed by atoms with E-state index in [-0.39, 0.29) is 23.9 Å². The van der Waals surface area contributed by atoms with Crippen molar-refractivity contribution in [2.45, 2.75) is 37.0 Å². The highest BCUT2D eigenvalue weighted by molar-refractivity contribution is 7.89. The van der Waals surface area contributed by atoms with Crippen LogP contribution in [0.2, 0.25) is 0 Å². The normalized spacial score (nSPS) is 19.2. The highest BCUT2D eigenvalue weighted by atomic mass is 32.2. The second kappa shape index (κ2) is 6.67. The smallest absolute Gasteiger partial charge is 0.243 e. The van der Waals surface area contributed by atoms with Gasteiger partial charge in [0.1, 0.15) is 5.82 Å². The number of hydrogen-bond donors (Lipinski definition) is 0. The summed E-state index contributed by atoms with van der Waals surface area (Å²) in [5.41, 5.74) is 1.75. The second-order valence-electron chi connectivity index (χ2n) is 7.46. The molecule has 2 aliphatic rings. The van der Waals surface area contributed by atoms with Gasteiger partial charge in [0.05, 0.1) is 10.3 Å². The first-order valence-corrected chi connectivity index (χ1v) is 10.9. The first-order chi connectivity index (χ1) is 13.3. The molecule has 0 unspecified atom stereocenters. The summed E-state index contributed by atoms with van der Waals surface area (Å²) in [6.45, 7) is 4.65. The van der Waals surface area contributed by atoms with Gasteiger partial charge in [0.15, 0.2) is 0 Å². The zero-order valence-electron chi connectivity index (χ0n) is 16.0. The van der Waals surface area contributed by atoms with Crippen molar-refractivity contribution in [2.75, 3.05) is 24.5 Å². The van der Waals surface area contributed by atoms with Gasteiger partial charge in [-0.15, -0.1) is 0 Å². The number of benzene rings is 2. The number of carbonyl (C=O) groups excluding carboxylic acids is 1. The fourth-order valence-electron chi connectivity index (χ4n) is 4.49. The lowest BCUT2D eigenvalue weighted by atomic mass is 9.74. The molecule has 2 aromatic rings. The van der Waals surface area contributed by atoms with Gasteiger partial charge in [0.25, 0.3) is 0 Å². The van der Waals surface area contributed by atoms with Crippen LogP contribution < -0.4 is 4.90 Å². The molecular weight excluding hydrogens is 379 g/mol. The number of halogens is 1. The highest BCUT2D eigenvalue weighted by Crippen LogP contribution is 2.48. The van der Waals surface area contributed by atoms with Crippen LogP contribution in [0.5, 0.6) is 0 Å². The predicted octanol–water partition coefficient (Wildman–Crippen LogP) is 3.22. The number of para-hydroxylation sites is 1. The lowest BCUT2D eigenvalue weighted by molar-refractivity contribution is -0.124. The SMILES string of the molecule is CCN1C(=O)C2(CCN(S(=O)(=O)c3cc(F)ccc3C)CC2)c2ccccc21. The van der Waals surface area contributed by atoms with Gasteiger partial charge < -0.3 is 4.90 Å². The van der Waals surface area contributed by atoms with Crippen LogP contribution in [-0.4, -0.2) is 38.3 Å². The lowest BCUT2D eigenvalue weighted by Crippen LogP contribution is -2.50. The number of nitrogens with zero attached hydrogens (tertiary/aromatic N) is 2. The Morgan fingerprint density at radius 3 is 2.46 bits per heavy atom. The van der Waals surface area contributed by atoms with E-state index in [0.29, 0.717) is 24.9 Å². The summed E-state index contributed by atoms with van der Waals surface area (Å²) in [4.78, 5) is 15.0. The maximum Gasteiger partial charge on any atom is 0.243 e. The maximum absolute atomic E-state index is 13.7. The Hall–Kier alpha value is -2.25. The molecule has 7 heteroatoms. The number of anilines is 1. The van der Waals surface area contributed by atoms with Crippen LogP contribution in [0.15, 0.2) is 47.4 Å². The molecule has 0 atom stereocenters. The van der Waals surface area contributed by atoms with Crippen LogP contribution in [0, 0.1) is 12.7 Å². The maximum atomic E-state index is 13.7. The summed E-state index contributed by atoms with van der Waals surface area (Å²) in [6, 6.07) is 11.6. The third-order valence-electron chi connectivity index (χ3n) is 6.03. The molecule has 5 nitrogen and oxygen atoms in total. The molecule has 0 N–H and O–H groups in total. The fraction of sp³-hybridized carbons (Fsp3) is 0.381. The molecule has 1 spiro atoms. The number of piperidine rings is 1. The second-order valence-corrected chi connectivity index (χ2v) is 9.37. The van der Waals surface area contributed by atoms with Crippen molar-refractivity contribution < 1.29 is 17.6 Å². The van der Waals surface area contributed by atoms with E-state index in [1.54, 1.807) is 11.8 Å². The fourth-order valence-corrected chi connectivity index (χ4v) is 6.17. The molecule has 1 fully saturated rings. The Morgan fingerprint density at radius 2 is 1.79 bits per heavy atom. The highest BCUT2D eigenvalue weighted by Gasteiger charge is 2.52. The molecule has 2 aliphatic heterocycles. The lowest BCUT2D eigenvalue weighted by Gasteiger charge is -2.38. The molecule has 2 aromatic carbocycles. The zero-order chi connectivity index (χ0) is 20.1. The van der Waals surface area contributed by atoms with Crippen LogP contribution in [0.3, 0.4) is 0 Å². The standard InChI is InChI=1S/C21H23FN2O3S/c1-3-24-18-7-5-4-6-17(18)21(20(24)25)10-12-23(13-11-21)28(26,27)19-14-16(22)9-8-15(19)2/h4-9,14H,3,10-13H2,1-2H3. The van der Waals surface area contributed by atoms with Gasteiger partial charge in [-0.25, -0.2) is 12.8 Å². The average Bonchev–Trinajstić information content (AvgIpc) is 2.92. The minimum atomic E-state index is -3.81. The van der Waals surface area contributed by atoms with Gasteiger partial charge in [0, 0.05) is 25.3 Å². The van der Waals surface area contributed by atoms with Crippen molar-refractivity contribution in [1.29, 1.82) is 0 Å². The predicted molar refractivity (Wildman–Crippen MR) is 105 cm³/mol. The molecule has 0 aromatic heterocycles. The van der Waals surface area contributed by atoms with E-state index in [4.69, 9.17) is 0 Å². The number of rotatable bonds is 3. The van der Waals surface area contributed by atoms with Crippen LogP contribution in [-0.2, 0) is 20.2 Å². The van der Waals surface area contributed by atoms with Crippen molar-refractivity contribution in [3.05, 3.63) is 59.4 Å². The van der Waals surface area contributed by atoms with Crippen molar-refractivity contribution in [3.8, 4) is 0 Å². The van der Waals surface area contributed by atoms with Crippen molar-refractivity contribution in [1.82, 2.24) is 4.31 Å². The molecule has 0 bridgehead atoms. The quantitative estimate of drug-likeness (QED) is 0.792. The largest absolute Gasteiger partial charge is 0.312 e. The van der Waals surface area contributed by atoms with Crippen LogP contribution in [0.4, 0.5) is 10.1 Å². The Morgan fingerprint density at radius 1 is 1.11 bits per heavy atom. The van der Waals surface area contributed by atoms with Crippen LogP contribution >= 0.6 is 0 Å². The van der Waals surface area contributed by atoms with E-state index in [1.807, 2.05) is 31.2 Å². The molecule has 1 amide bonds. The molecule has 28 heavy (non-hydrogen) atoms. The first-order valence-electron chi connectivity index (χ1n) is 9.49. The minimum Gasteiger partial charge on any atom is -0.312 e. The van der Waals surface area contributed by atoms with Crippen molar-refractivity contribution >= 4 is 21.6 Å². The molecular formula is C21H23FN2O3S. The molecule has 2 heterocycles.